The van der Waals surface area contributed by atoms with E-state index in [1.165, 1.54) is 6.07 Å². The number of rotatable bonds is 5. The fourth-order valence-electron chi connectivity index (χ4n) is 5.21. The first-order valence-corrected chi connectivity index (χ1v) is 13.3. The van der Waals surface area contributed by atoms with Crippen molar-refractivity contribution in [1.29, 1.82) is 0 Å². The van der Waals surface area contributed by atoms with Gasteiger partial charge in [-0.05, 0) is 60.9 Å². The Morgan fingerprint density at radius 1 is 0.973 bits per heavy atom. The summed E-state index contributed by atoms with van der Waals surface area (Å²) in [7, 11) is 0. The number of carbonyl (C=O) groups excluding carboxylic acids is 2. The molecule has 7 heteroatoms. The van der Waals surface area contributed by atoms with E-state index in [2.05, 4.69) is 10.6 Å². The van der Waals surface area contributed by atoms with Gasteiger partial charge in [0.1, 0.15) is 11.6 Å². The molecular formula is C30H26F2N2O2S. The number of amides is 1. The van der Waals surface area contributed by atoms with Crippen LogP contribution in [-0.2, 0) is 9.59 Å². The summed E-state index contributed by atoms with van der Waals surface area (Å²) < 4.78 is 27.8. The molecule has 2 aliphatic rings. The van der Waals surface area contributed by atoms with E-state index in [4.69, 9.17) is 0 Å². The van der Waals surface area contributed by atoms with Crippen LogP contribution in [0.15, 0.2) is 100 Å². The lowest BCUT2D eigenvalue weighted by Crippen LogP contribution is -2.37. The molecular weight excluding hydrogens is 490 g/mol. The van der Waals surface area contributed by atoms with Gasteiger partial charge in [0, 0.05) is 45.8 Å². The minimum absolute atomic E-state index is 0.0210. The molecule has 0 bridgehead atoms. The molecule has 188 valence electrons. The maximum atomic E-state index is 14.4. The summed E-state index contributed by atoms with van der Waals surface area (Å²) in [6, 6.07) is 20.8. The van der Waals surface area contributed by atoms with Crippen LogP contribution < -0.4 is 10.6 Å². The summed E-state index contributed by atoms with van der Waals surface area (Å²) >= 11 is 1.60. The molecule has 1 aliphatic carbocycles. The molecule has 0 radical (unpaired) electrons. The zero-order chi connectivity index (χ0) is 26.1. The highest BCUT2D eigenvalue weighted by atomic mass is 32.2. The minimum atomic E-state index is -0.865. The smallest absolute Gasteiger partial charge is 0.254 e. The largest absolute Gasteiger partial charge is 0.362 e. The van der Waals surface area contributed by atoms with Crippen LogP contribution >= 0.6 is 11.8 Å². The van der Waals surface area contributed by atoms with Crippen LogP contribution in [0.5, 0.6) is 0 Å². The zero-order valence-electron chi connectivity index (χ0n) is 20.5. The van der Waals surface area contributed by atoms with Gasteiger partial charge in [0.25, 0.3) is 5.91 Å². The quantitative estimate of drug-likeness (QED) is 0.371. The van der Waals surface area contributed by atoms with Crippen molar-refractivity contribution < 1.29 is 18.4 Å². The van der Waals surface area contributed by atoms with Crippen molar-refractivity contribution in [2.75, 3.05) is 11.6 Å². The van der Waals surface area contributed by atoms with Crippen molar-refractivity contribution in [2.45, 2.75) is 36.5 Å². The fraction of sp³-hybridized carbons (Fsp3) is 0.200. The number of thioether (sulfide) groups is 1. The Kier molecular flexibility index (Phi) is 6.98. The van der Waals surface area contributed by atoms with E-state index >= 15 is 0 Å². The van der Waals surface area contributed by atoms with Crippen molar-refractivity contribution in [3.63, 3.8) is 0 Å². The van der Waals surface area contributed by atoms with Crippen molar-refractivity contribution >= 4 is 29.1 Å². The van der Waals surface area contributed by atoms with Gasteiger partial charge in [0.2, 0.25) is 0 Å². The number of allylic oxidation sites excluding steroid dienone is 3. The first kappa shape index (κ1) is 25.0. The van der Waals surface area contributed by atoms with E-state index in [1.54, 1.807) is 18.7 Å². The Balaban J connectivity index is 1.56. The third-order valence-electron chi connectivity index (χ3n) is 6.97. The Labute approximate surface area is 218 Å². The second-order valence-corrected chi connectivity index (χ2v) is 10.2. The van der Waals surface area contributed by atoms with Crippen LogP contribution in [0.3, 0.4) is 0 Å². The van der Waals surface area contributed by atoms with Gasteiger partial charge in [0.15, 0.2) is 5.78 Å². The average molecular weight is 517 g/mol. The summed E-state index contributed by atoms with van der Waals surface area (Å²) in [4.78, 5) is 28.3. The van der Waals surface area contributed by atoms with E-state index in [0.29, 0.717) is 29.7 Å². The van der Waals surface area contributed by atoms with E-state index in [-0.39, 0.29) is 17.4 Å². The molecule has 1 heterocycles. The topological polar surface area (TPSA) is 58.2 Å². The monoisotopic (exact) mass is 516 g/mol. The summed E-state index contributed by atoms with van der Waals surface area (Å²) in [5, 5.41) is 5.92. The highest BCUT2D eigenvalue weighted by Crippen LogP contribution is 2.46. The van der Waals surface area contributed by atoms with E-state index in [1.807, 2.05) is 60.9 Å². The molecule has 2 atom stereocenters. The van der Waals surface area contributed by atoms with Crippen LogP contribution in [0.2, 0.25) is 0 Å². The molecule has 0 saturated carbocycles. The van der Waals surface area contributed by atoms with Gasteiger partial charge in [-0.3, -0.25) is 9.59 Å². The van der Waals surface area contributed by atoms with E-state index < -0.39 is 23.5 Å². The lowest BCUT2D eigenvalue weighted by molar-refractivity contribution is -0.116. The molecule has 5 rings (SSSR count). The SMILES string of the molecule is CSc1ccc([C@@H]2C(C(=O)Nc3ccc(F)cc3F)=C(C)NC3=C2C(=O)C[C@H](c2ccccc2)C3)cc1. The predicted octanol–water partition coefficient (Wildman–Crippen LogP) is 6.69. The average Bonchev–Trinajstić information content (AvgIpc) is 2.90. The molecule has 0 spiro atoms. The second kappa shape index (κ2) is 10.3. The Hall–Kier alpha value is -3.71. The van der Waals surface area contributed by atoms with Gasteiger partial charge in [-0.15, -0.1) is 11.8 Å². The number of carbonyl (C=O) groups is 2. The highest BCUT2D eigenvalue weighted by molar-refractivity contribution is 7.98. The van der Waals surface area contributed by atoms with Gasteiger partial charge in [-0.1, -0.05) is 42.5 Å². The molecule has 0 saturated heterocycles. The predicted molar refractivity (Wildman–Crippen MR) is 142 cm³/mol. The van der Waals surface area contributed by atoms with E-state index in [0.717, 1.165) is 33.9 Å². The van der Waals surface area contributed by atoms with Gasteiger partial charge >= 0.3 is 0 Å². The third-order valence-corrected chi connectivity index (χ3v) is 7.72. The normalized spacial score (nSPS) is 19.4. The van der Waals surface area contributed by atoms with Crippen LogP contribution in [-0.4, -0.2) is 17.9 Å². The molecule has 4 nitrogen and oxygen atoms in total. The number of nitrogens with one attached hydrogen (secondary N) is 2. The van der Waals surface area contributed by atoms with Crippen LogP contribution in [0.4, 0.5) is 14.5 Å². The number of Topliss-reactive ketones (excluding diaryl/α,β-unsaturated/α-hetero) is 1. The standard InChI is InChI=1S/C30H26F2N2O2S/c1-17-27(30(36)34-24-13-10-21(31)16-23(24)32)28(19-8-11-22(37-2)12-9-19)29-25(33-17)14-20(15-26(29)35)18-6-4-3-5-7-18/h3-13,16,20,28,33H,14-15H2,1-2H3,(H,34,36)/t20-,28-/m1/s1. The Bertz CT molecular complexity index is 1430. The maximum absolute atomic E-state index is 14.4. The van der Waals surface area contributed by atoms with Gasteiger partial charge in [0.05, 0.1) is 5.69 Å². The first-order chi connectivity index (χ1) is 17.9. The molecule has 37 heavy (non-hydrogen) atoms. The molecule has 2 N–H and O–H groups in total. The Morgan fingerprint density at radius 3 is 2.38 bits per heavy atom. The van der Waals surface area contributed by atoms with Gasteiger partial charge in [-0.2, -0.15) is 0 Å². The third kappa shape index (κ3) is 4.96. The number of anilines is 1. The maximum Gasteiger partial charge on any atom is 0.254 e. The van der Waals surface area contributed by atoms with Crippen molar-refractivity contribution in [2.24, 2.45) is 0 Å². The van der Waals surface area contributed by atoms with Crippen LogP contribution in [0.1, 0.15) is 42.7 Å². The molecule has 3 aromatic carbocycles. The lowest BCUT2D eigenvalue weighted by atomic mass is 9.71. The number of benzene rings is 3. The van der Waals surface area contributed by atoms with Crippen LogP contribution in [0, 0.1) is 11.6 Å². The minimum Gasteiger partial charge on any atom is -0.362 e. The molecule has 1 aliphatic heterocycles. The zero-order valence-corrected chi connectivity index (χ0v) is 21.3. The Morgan fingerprint density at radius 2 is 1.70 bits per heavy atom. The number of hydrogen-bond donors (Lipinski definition) is 2. The second-order valence-electron chi connectivity index (χ2n) is 9.28. The van der Waals surface area contributed by atoms with Gasteiger partial charge in [-0.25, -0.2) is 8.78 Å². The lowest BCUT2D eigenvalue weighted by Gasteiger charge is -2.37. The van der Waals surface area contributed by atoms with Gasteiger partial charge < -0.3 is 10.6 Å². The molecule has 0 aromatic heterocycles. The summed E-state index contributed by atoms with van der Waals surface area (Å²) in [5.41, 5.74) is 4.10. The molecule has 1 amide bonds. The summed E-state index contributed by atoms with van der Waals surface area (Å²) in [6.45, 7) is 1.79. The highest BCUT2D eigenvalue weighted by Gasteiger charge is 2.41. The summed E-state index contributed by atoms with van der Waals surface area (Å²) in [6.07, 6.45) is 2.96. The fourth-order valence-corrected chi connectivity index (χ4v) is 5.62. The number of hydrogen-bond acceptors (Lipinski definition) is 4. The molecule has 0 unspecified atom stereocenters. The number of halogens is 2. The van der Waals surface area contributed by atoms with Crippen molar-refractivity contribution in [3.8, 4) is 0 Å². The van der Waals surface area contributed by atoms with E-state index in [9.17, 15) is 18.4 Å². The molecule has 0 fully saturated rings. The molecule has 3 aromatic rings. The van der Waals surface area contributed by atoms with Crippen LogP contribution in [0.25, 0.3) is 0 Å². The number of dihydropyridines is 1. The van der Waals surface area contributed by atoms with Crippen molar-refractivity contribution in [3.05, 3.63) is 118 Å². The first-order valence-electron chi connectivity index (χ1n) is 12.0. The number of ketones is 1. The summed E-state index contributed by atoms with van der Waals surface area (Å²) in [5.74, 6) is -2.73. The van der Waals surface area contributed by atoms with Crippen molar-refractivity contribution in [1.82, 2.24) is 5.32 Å².